The van der Waals surface area contributed by atoms with Gasteiger partial charge in [0.2, 0.25) is 0 Å². The van der Waals surface area contributed by atoms with Gasteiger partial charge in [0, 0.05) is 12.7 Å². The highest BCUT2D eigenvalue weighted by molar-refractivity contribution is 5.90. The molecule has 6 nitrogen and oxygen atoms in total. The molecule has 0 aliphatic rings. The van der Waals surface area contributed by atoms with Crippen LogP contribution in [0.1, 0.15) is 11.1 Å². The predicted octanol–water partition coefficient (Wildman–Crippen LogP) is 2.31. The third-order valence-electron chi connectivity index (χ3n) is 3.25. The molecule has 0 aliphatic carbocycles. The Morgan fingerprint density at radius 1 is 1.12 bits per heavy atom. The lowest BCUT2D eigenvalue weighted by Crippen LogP contribution is -2.19. The highest BCUT2D eigenvalue weighted by Crippen LogP contribution is 2.12. The Labute approximate surface area is 142 Å². The third kappa shape index (κ3) is 5.98. The van der Waals surface area contributed by atoms with Gasteiger partial charge in [0.1, 0.15) is 18.2 Å². The molecule has 0 radical (unpaired) electrons. The number of aromatic nitrogens is 1. The number of ether oxygens (including phenoxy) is 2. The zero-order chi connectivity index (χ0) is 17.4. The molecular formula is C18H23N3O3. The van der Waals surface area contributed by atoms with Crippen molar-refractivity contribution in [3.8, 4) is 5.75 Å². The summed E-state index contributed by atoms with van der Waals surface area (Å²) >= 11 is 0. The molecule has 0 saturated heterocycles. The average Bonchev–Trinajstić information content (AvgIpc) is 2.57. The number of nitrogens with one attached hydrogen (secondary N) is 1. The second-order valence-corrected chi connectivity index (χ2v) is 5.68. The van der Waals surface area contributed by atoms with Crippen molar-refractivity contribution in [3.63, 3.8) is 0 Å². The van der Waals surface area contributed by atoms with Gasteiger partial charge in [-0.1, -0.05) is 18.2 Å². The van der Waals surface area contributed by atoms with Crippen molar-refractivity contribution in [3.05, 3.63) is 53.7 Å². The zero-order valence-electron chi connectivity index (χ0n) is 14.3. The maximum absolute atomic E-state index is 11.9. The molecule has 0 spiro atoms. The van der Waals surface area contributed by atoms with Crippen molar-refractivity contribution in [2.75, 3.05) is 33.1 Å². The number of carbonyl (C=O) groups excluding carboxylic acids is 1. The van der Waals surface area contributed by atoms with Gasteiger partial charge in [0.05, 0.1) is 13.7 Å². The molecule has 1 N–H and O–H groups in total. The first kappa shape index (κ1) is 17.9. The number of benzene rings is 1. The second-order valence-electron chi connectivity index (χ2n) is 5.68. The van der Waals surface area contributed by atoms with Crippen LogP contribution >= 0.6 is 0 Å². The highest BCUT2D eigenvalue weighted by Gasteiger charge is 2.05. The van der Waals surface area contributed by atoms with E-state index in [1.54, 1.807) is 19.4 Å². The monoisotopic (exact) mass is 329 g/mol. The molecule has 1 heterocycles. The summed E-state index contributed by atoms with van der Waals surface area (Å²) < 4.78 is 10.5. The van der Waals surface area contributed by atoms with Crippen LogP contribution in [0.4, 0.5) is 5.82 Å². The number of pyridine rings is 1. The quantitative estimate of drug-likeness (QED) is 0.805. The maximum Gasteiger partial charge on any atom is 0.251 e. The number of amides is 1. The molecule has 1 aromatic carbocycles. The summed E-state index contributed by atoms with van der Waals surface area (Å²) in [6.07, 6.45) is 1.76. The summed E-state index contributed by atoms with van der Waals surface area (Å²) in [6, 6.07) is 11.3. The number of anilines is 1. The molecule has 24 heavy (non-hydrogen) atoms. The Morgan fingerprint density at radius 3 is 2.42 bits per heavy atom. The van der Waals surface area contributed by atoms with Gasteiger partial charge >= 0.3 is 0 Å². The fourth-order valence-electron chi connectivity index (χ4n) is 2.12. The Hall–Kier alpha value is -2.44. The first-order chi connectivity index (χ1) is 11.6. The lowest BCUT2D eigenvalue weighted by Gasteiger charge is -2.10. The fourth-order valence-corrected chi connectivity index (χ4v) is 2.12. The number of hydrogen-bond donors (Lipinski definition) is 1. The number of rotatable bonds is 8. The number of hydrogen-bond acceptors (Lipinski definition) is 5. The molecule has 2 aromatic rings. The van der Waals surface area contributed by atoms with Crippen molar-refractivity contribution in [1.82, 2.24) is 9.88 Å². The molecule has 0 atom stereocenters. The van der Waals surface area contributed by atoms with Gasteiger partial charge in [0.15, 0.2) is 0 Å². The highest BCUT2D eigenvalue weighted by atomic mass is 16.5. The lowest BCUT2D eigenvalue weighted by atomic mass is 10.2. The molecular weight excluding hydrogens is 306 g/mol. The van der Waals surface area contributed by atoms with Crippen LogP contribution in [0.25, 0.3) is 0 Å². The molecule has 0 bridgehead atoms. The summed E-state index contributed by atoms with van der Waals surface area (Å²) in [5.74, 6) is 1.09. The van der Waals surface area contributed by atoms with Crippen LogP contribution in [0.15, 0.2) is 42.6 Å². The first-order valence-corrected chi connectivity index (χ1v) is 7.67. The Balaban J connectivity index is 1.74. The lowest BCUT2D eigenvalue weighted by molar-refractivity contribution is -0.121. The van der Waals surface area contributed by atoms with Crippen LogP contribution in [-0.4, -0.2) is 43.6 Å². The molecule has 0 unspecified atom stereocenters. The summed E-state index contributed by atoms with van der Waals surface area (Å²) in [5.41, 5.74) is 2.07. The van der Waals surface area contributed by atoms with E-state index in [9.17, 15) is 4.79 Å². The van der Waals surface area contributed by atoms with Crippen molar-refractivity contribution in [2.24, 2.45) is 0 Å². The van der Waals surface area contributed by atoms with Crippen LogP contribution in [0.5, 0.6) is 5.75 Å². The van der Waals surface area contributed by atoms with Crippen molar-refractivity contribution < 1.29 is 14.3 Å². The van der Waals surface area contributed by atoms with Crippen molar-refractivity contribution in [2.45, 2.75) is 13.2 Å². The number of carbonyl (C=O) groups is 1. The SMILES string of the molecule is COc1ccc(COCC(=O)Nc2ccc(CN(C)C)cn2)cc1. The van der Waals surface area contributed by atoms with Crippen molar-refractivity contribution >= 4 is 11.7 Å². The molecule has 1 amide bonds. The summed E-state index contributed by atoms with van der Waals surface area (Å²) in [4.78, 5) is 18.1. The molecule has 6 heteroatoms. The smallest absolute Gasteiger partial charge is 0.251 e. The van der Waals surface area contributed by atoms with Crippen molar-refractivity contribution in [1.29, 1.82) is 0 Å². The Bertz CT molecular complexity index is 640. The van der Waals surface area contributed by atoms with E-state index in [-0.39, 0.29) is 12.5 Å². The predicted molar refractivity (Wildman–Crippen MR) is 92.9 cm³/mol. The van der Waals surface area contributed by atoms with Crippen LogP contribution in [-0.2, 0) is 22.7 Å². The first-order valence-electron chi connectivity index (χ1n) is 7.67. The maximum atomic E-state index is 11.9. The molecule has 128 valence electrons. The number of nitrogens with zero attached hydrogens (tertiary/aromatic N) is 2. The van der Waals surface area contributed by atoms with Crippen LogP contribution < -0.4 is 10.1 Å². The molecule has 0 aliphatic heterocycles. The average molecular weight is 329 g/mol. The normalized spacial score (nSPS) is 10.7. The Morgan fingerprint density at radius 2 is 1.83 bits per heavy atom. The van der Waals surface area contributed by atoms with Gasteiger partial charge in [-0.05, 0) is 43.4 Å². The number of methoxy groups -OCH3 is 1. The van der Waals surface area contributed by atoms with Gasteiger partial charge in [-0.25, -0.2) is 4.98 Å². The van der Waals surface area contributed by atoms with E-state index >= 15 is 0 Å². The molecule has 1 aromatic heterocycles. The van der Waals surface area contributed by atoms with Gasteiger partial charge in [0.25, 0.3) is 5.91 Å². The molecule has 0 fully saturated rings. The molecule has 0 saturated carbocycles. The minimum absolute atomic E-state index is 0.0207. The Kier molecular flexibility index (Phi) is 6.72. The van der Waals surface area contributed by atoms with E-state index in [1.807, 2.05) is 44.4 Å². The summed E-state index contributed by atoms with van der Waals surface area (Å²) in [7, 11) is 5.61. The van der Waals surface area contributed by atoms with E-state index in [0.29, 0.717) is 12.4 Å². The van der Waals surface area contributed by atoms with Gasteiger partial charge in [-0.15, -0.1) is 0 Å². The van der Waals surface area contributed by atoms with Gasteiger partial charge in [-0.2, -0.15) is 0 Å². The zero-order valence-corrected chi connectivity index (χ0v) is 14.3. The summed E-state index contributed by atoms with van der Waals surface area (Å²) in [6.45, 7) is 1.16. The van der Waals surface area contributed by atoms with Crippen LogP contribution in [0.2, 0.25) is 0 Å². The minimum Gasteiger partial charge on any atom is -0.497 e. The topological polar surface area (TPSA) is 63.7 Å². The van der Waals surface area contributed by atoms with E-state index in [0.717, 1.165) is 23.4 Å². The van der Waals surface area contributed by atoms with E-state index in [4.69, 9.17) is 9.47 Å². The molecule has 2 rings (SSSR count). The minimum atomic E-state index is -0.226. The largest absolute Gasteiger partial charge is 0.497 e. The third-order valence-corrected chi connectivity index (χ3v) is 3.25. The second kappa shape index (κ2) is 9.00. The van der Waals surface area contributed by atoms with E-state index in [1.165, 1.54) is 0 Å². The standard InChI is InChI=1S/C18H23N3O3/c1-21(2)11-15-6-9-17(19-10-15)20-18(22)13-24-12-14-4-7-16(23-3)8-5-14/h4-10H,11-13H2,1-3H3,(H,19,20,22). The van der Waals surface area contributed by atoms with Gasteiger partial charge in [-0.3, -0.25) is 4.79 Å². The van der Waals surface area contributed by atoms with Crippen LogP contribution in [0.3, 0.4) is 0 Å². The van der Waals surface area contributed by atoms with Crippen LogP contribution in [0, 0.1) is 0 Å². The van der Waals surface area contributed by atoms with Gasteiger partial charge < -0.3 is 19.7 Å². The fraction of sp³-hybridized carbons (Fsp3) is 0.333. The van der Waals surface area contributed by atoms with E-state index in [2.05, 4.69) is 15.2 Å². The van der Waals surface area contributed by atoms with E-state index < -0.39 is 0 Å². The summed E-state index contributed by atoms with van der Waals surface area (Å²) in [5, 5.41) is 2.72.